The van der Waals surface area contributed by atoms with Gasteiger partial charge < -0.3 is 16.2 Å². The summed E-state index contributed by atoms with van der Waals surface area (Å²) >= 11 is 2.57. The molecule has 27 heavy (non-hydrogen) atoms. The topological polar surface area (TPSA) is 114 Å². The van der Waals surface area contributed by atoms with Crippen molar-refractivity contribution in [1.82, 2.24) is 4.98 Å². The molecule has 2 aliphatic carbocycles. The van der Waals surface area contributed by atoms with Gasteiger partial charge in [0, 0.05) is 5.69 Å². The Hall–Kier alpha value is -1.61. The lowest BCUT2D eigenvalue weighted by atomic mass is 9.99. The highest BCUT2D eigenvalue weighted by atomic mass is 32.2. The average molecular weight is 407 g/mol. The maximum absolute atomic E-state index is 11.1. The van der Waals surface area contributed by atoms with E-state index in [0.717, 1.165) is 47.5 Å². The summed E-state index contributed by atoms with van der Waals surface area (Å²) in [6, 6.07) is 1.91. The first-order valence-corrected chi connectivity index (χ1v) is 10.8. The highest BCUT2D eigenvalue weighted by Gasteiger charge is 2.24. The Balaban J connectivity index is 0.000000168. The van der Waals surface area contributed by atoms with E-state index >= 15 is 0 Å². The second-order valence-corrected chi connectivity index (χ2v) is 9.35. The zero-order valence-corrected chi connectivity index (χ0v) is 17.3. The molecule has 0 aliphatic heterocycles. The van der Waals surface area contributed by atoms with Gasteiger partial charge in [-0.15, -0.1) is 11.3 Å². The third-order valence-corrected chi connectivity index (χ3v) is 6.83. The van der Waals surface area contributed by atoms with Crippen LogP contribution in [0.15, 0.2) is 16.5 Å². The maximum atomic E-state index is 11.1. The smallest absolute Gasteiger partial charge is 0.316 e. The van der Waals surface area contributed by atoms with Gasteiger partial charge in [0.1, 0.15) is 10.6 Å². The highest BCUT2D eigenvalue weighted by molar-refractivity contribution is 7.99. The Morgan fingerprint density at radius 3 is 2.22 bits per heavy atom. The fourth-order valence-electron chi connectivity index (χ4n) is 3.69. The summed E-state index contributed by atoms with van der Waals surface area (Å²) in [4.78, 5) is 15.1. The molecule has 1 heterocycles. The van der Waals surface area contributed by atoms with Crippen molar-refractivity contribution in [3.8, 4) is 0 Å². The zero-order valence-electron chi connectivity index (χ0n) is 15.7. The minimum absolute atomic E-state index is 0.436. The number of aliphatic hydroxyl groups is 1. The van der Waals surface area contributed by atoms with E-state index in [1.807, 2.05) is 0 Å². The van der Waals surface area contributed by atoms with Gasteiger partial charge in [0.15, 0.2) is 0 Å². The number of anilines is 1. The van der Waals surface area contributed by atoms with Gasteiger partial charge in [0.2, 0.25) is 0 Å². The minimum Gasteiger partial charge on any atom is -0.383 e. The van der Waals surface area contributed by atoms with Gasteiger partial charge >= 0.3 is 6.03 Å². The molecule has 4 rings (SSSR count). The number of thiazole rings is 1. The summed E-state index contributed by atoms with van der Waals surface area (Å²) < 4.78 is 0.919. The number of carbonyl (C=O) groups is 1. The number of benzene rings is 1. The molecule has 0 spiro atoms. The van der Waals surface area contributed by atoms with Crippen LogP contribution in [-0.2, 0) is 31.3 Å². The van der Waals surface area contributed by atoms with Crippen molar-refractivity contribution in [3.05, 3.63) is 39.5 Å². The van der Waals surface area contributed by atoms with Gasteiger partial charge in [0.25, 0.3) is 0 Å². The number of nitrogens with two attached hydrogens (primary N) is 2. The van der Waals surface area contributed by atoms with Crippen molar-refractivity contribution in [2.45, 2.75) is 62.2 Å². The van der Waals surface area contributed by atoms with Crippen molar-refractivity contribution in [2.24, 2.45) is 10.9 Å². The monoisotopic (exact) mass is 406 g/mol. The molecule has 2 amide bonds. The van der Waals surface area contributed by atoms with Crippen molar-refractivity contribution in [2.75, 3.05) is 5.32 Å². The molecule has 0 unspecified atom stereocenters. The van der Waals surface area contributed by atoms with Crippen LogP contribution in [0.4, 0.5) is 10.5 Å². The summed E-state index contributed by atoms with van der Waals surface area (Å²) in [5.74, 6) is 0. The molecule has 8 heteroatoms. The predicted octanol–water partition coefficient (Wildman–Crippen LogP) is 3.49. The van der Waals surface area contributed by atoms with Gasteiger partial charge in [-0.25, -0.2) is 9.78 Å². The predicted molar refractivity (Wildman–Crippen MR) is 111 cm³/mol. The van der Waals surface area contributed by atoms with Gasteiger partial charge in [-0.1, -0.05) is 6.07 Å². The van der Waals surface area contributed by atoms with Crippen LogP contribution in [0.25, 0.3) is 0 Å². The summed E-state index contributed by atoms with van der Waals surface area (Å²) in [5, 5.41) is 18.4. The number of hydrogen-bond donors (Lipinski definition) is 4. The van der Waals surface area contributed by atoms with Gasteiger partial charge in [0.05, 0.1) is 10.4 Å². The van der Waals surface area contributed by atoms with Crippen LogP contribution in [0.1, 0.15) is 54.0 Å². The molecular formula is C19H26N4O2S2. The van der Waals surface area contributed by atoms with Gasteiger partial charge in [-0.3, -0.25) is 5.14 Å². The number of hydrogen-bond acceptors (Lipinski definition) is 6. The number of nitrogens with zero attached hydrogens (tertiary/aromatic N) is 1. The molecule has 6 nitrogen and oxygen atoms in total. The molecule has 0 saturated carbocycles. The van der Waals surface area contributed by atoms with E-state index < -0.39 is 11.6 Å². The van der Waals surface area contributed by atoms with Gasteiger partial charge in [-0.2, -0.15) is 0 Å². The van der Waals surface area contributed by atoms with Crippen molar-refractivity contribution in [3.63, 3.8) is 0 Å². The average Bonchev–Trinajstić information content (AvgIpc) is 3.33. The van der Waals surface area contributed by atoms with Crippen molar-refractivity contribution >= 4 is 35.0 Å². The highest BCUT2D eigenvalue weighted by Crippen LogP contribution is 2.38. The Labute approximate surface area is 167 Å². The standard InChI is InChI=1S/C13H16N2O.C6H10N2OS2/c14-13(16)15-12-10-5-1-3-8(10)7-9-4-2-6-11(9)12;1-6(2,9)5-8-3-4(10-5)11-7/h7H,1-6H2,(H3,14,15,16);3,9H,7H2,1-2H3. The third-order valence-electron chi connectivity index (χ3n) is 4.85. The maximum Gasteiger partial charge on any atom is 0.316 e. The number of aromatic nitrogens is 1. The number of carbonyl (C=O) groups excluding carboxylic acids is 1. The van der Waals surface area contributed by atoms with Crippen molar-refractivity contribution in [1.29, 1.82) is 0 Å². The SMILES string of the molecule is CC(C)(O)c1ncc(SN)s1.NC(=O)Nc1c2c(cc3c1CCC3)CCC2. The van der Waals surface area contributed by atoms with Crippen LogP contribution in [-0.4, -0.2) is 16.1 Å². The third kappa shape index (κ3) is 4.63. The first-order chi connectivity index (χ1) is 12.8. The molecule has 6 N–H and O–H groups in total. The van der Waals surface area contributed by atoms with Crippen LogP contribution >= 0.6 is 23.3 Å². The summed E-state index contributed by atoms with van der Waals surface area (Å²) in [6.45, 7) is 3.41. The first kappa shape index (κ1) is 20.1. The molecular weight excluding hydrogens is 380 g/mol. The Morgan fingerprint density at radius 2 is 1.81 bits per heavy atom. The molecule has 1 aromatic carbocycles. The molecule has 0 saturated heterocycles. The Morgan fingerprint density at radius 1 is 1.22 bits per heavy atom. The van der Waals surface area contributed by atoms with Crippen LogP contribution in [0.5, 0.6) is 0 Å². The lowest BCUT2D eigenvalue weighted by molar-refractivity contribution is 0.0783. The van der Waals surface area contributed by atoms with E-state index in [0.29, 0.717) is 5.01 Å². The number of rotatable bonds is 3. The lowest BCUT2D eigenvalue weighted by Crippen LogP contribution is -2.21. The molecule has 0 radical (unpaired) electrons. The fraction of sp³-hybridized carbons (Fsp3) is 0.474. The molecule has 2 aliphatic rings. The van der Waals surface area contributed by atoms with E-state index in [1.54, 1.807) is 20.0 Å². The van der Waals surface area contributed by atoms with E-state index in [4.69, 9.17) is 10.9 Å². The number of urea groups is 1. The van der Waals surface area contributed by atoms with E-state index in [2.05, 4.69) is 16.4 Å². The minimum atomic E-state index is -0.849. The van der Waals surface area contributed by atoms with Crippen LogP contribution < -0.4 is 16.2 Å². The fourth-order valence-corrected chi connectivity index (χ4v) is 4.88. The molecule has 0 bridgehead atoms. The normalized spacial score (nSPS) is 15.0. The van der Waals surface area contributed by atoms with E-state index in [-0.39, 0.29) is 0 Å². The zero-order chi connectivity index (χ0) is 19.6. The number of amides is 2. The quantitative estimate of drug-likeness (QED) is 0.583. The van der Waals surface area contributed by atoms with Crippen LogP contribution in [0.3, 0.4) is 0 Å². The number of primary amides is 1. The van der Waals surface area contributed by atoms with Crippen molar-refractivity contribution < 1.29 is 9.90 Å². The second-order valence-electron chi connectivity index (χ2n) is 7.38. The molecule has 0 atom stereocenters. The summed E-state index contributed by atoms with van der Waals surface area (Å²) in [7, 11) is 0. The largest absolute Gasteiger partial charge is 0.383 e. The van der Waals surface area contributed by atoms with E-state index in [9.17, 15) is 9.90 Å². The lowest BCUT2D eigenvalue weighted by Gasteiger charge is -2.14. The number of nitrogens with one attached hydrogen (secondary N) is 1. The summed E-state index contributed by atoms with van der Waals surface area (Å²) in [5.41, 5.74) is 11.0. The van der Waals surface area contributed by atoms with Crippen LogP contribution in [0.2, 0.25) is 0 Å². The second kappa shape index (κ2) is 8.18. The summed E-state index contributed by atoms with van der Waals surface area (Å²) in [6.07, 6.45) is 8.53. The van der Waals surface area contributed by atoms with Gasteiger partial charge in [-0.05, 0) is 86.6 Å². The Bertz CT molecular complexity index is 811. The molecule has 2 aromatic rings. The molecule has 0 fully saturated rings. The number of aryl methyl sites for hydroxylation is 2. The van der Waals surface area contributed by atoms with E-state index in [1.165, 1.54) is 46.4 Å². The van der Waals surface area contributed by atoms with Crippen LogP contribution in [0, 0.1) is 0 Å². The first-order valence-electron chi connectivity index (χ1n) is 9.08. The molecule has 1 aromatic heterocycles. The Kier molecular flexibility index (Phi) is 6.10. The number of fused-ring (bicyclic) bond motifs is 2. The molecule has 146 valence electrons.